The van der Waals surface area contributed by atoms with E-state index < -0.39 is 0 Å². The third kappa shape index (κ3) is 1.88. The average molecular weight is 226 g/mol. The SMILES string of the molecule is COCc1cc(OC)c2oc(=S)oc2c1. The molecule has 4 nitrogen and oxygen atoms in total. The third-order valence-electron chi connectivity index (χ3n) is 1.99. The van der Waals surface area contributed by atoms with Crippen LogP contribution < -0.4 is 4.74 Å². The molecule has 0 amide bonds. The summed E-state index contributed by atoms with van der Waals surface area (Å²) in [5, 5.41) is 0. The molecule has 1 heterocycles. The van der Waals surface area contributed by atoms with Crippen molar-refractivity contribution in [1.29, 1.82) is 0 Å². The van der Waals surface area contributed by atoms with Crippen molar-refractivity contribution in [2.45, 2.75) is 6.61 Å². The molecule has 0 N–H and O–H groups in total. The summed E-state index contributed by atoms with van der Waals surface area (Å²) in [6.45, 7) is 0.486. The van der Waals surface area contributed by atoms with Crippen LogP contribution in [0.4, 0.5) is 0 Å². The van der Waals surface area contributed by atoms with Gasteiger partial charge in [-0.1, -0.05) is 0 Å². The number of rotatable bonds is 3. The Kier molecular flexibility index (Phi) is 2.75. The molecule has 0 atom stereocenters. The number of ether oxygens (including phenoxy) is 2. The fourth-order valence-corrected chi connectivity index (χ4v) is 1.58. The predicted octanol–water partition coefficient (Wildman–Crippen LogP) is 2.91. The summed E-state index contributed by atoms with van der Waals surface area (Å²) in [7, 11) is 3.19. The van der Waals surface area contributed by atoms with Crippen LogP contribution in [0.3, 0.4) is 0 Å². The van der Waals surface area contributed by atoms with Gasteiger partial charge in [0.25, 0.3) is 0 Å². The van der Waals surface area contributed by atoms with Crippen LogP contribution >= 0.6 is 12.2 Å². The van der Waals surface area contributed by atoms with Gasteiger partial charge in [0, 0.05) is 19.3 Å². The highest BCUT2D eigenvalue weighted by molar-refractivity contribution is 7.71. The second-order valence-corrected chi connectivity index (χ2v) is 3.35. The first-order valence-electron chi connectivity index (χ1n) is 4.34. The summed E-state index contributed by atoms with van der Waals surface area (Å²) in [4.78, 5) is 0.0952. The quantitative estimate of drug-likeness (QED) is 0.753. The van der Waals surface area contributed by atoms with E-state index >= 15 is 0 Å². The Morgan fingerprint density at radius 3 is 2.73 bits per heavy atom. The molecule has 0 fully saturated rings. The van der Waals surface area contributed by atoms with Crippen molar-refractivity contribution < 1.29 is 18.3 Å². The van der Waals surface area contributed by atoms with E-state index in [1.165, 1.54) is 0 Å². The van der Waals surface area contributed by atoms with Gasteiger partial charge in [-0.2, -0.15) is 0 Å². The number of hydrogen-bond acceptors (Lipinski definition) is 5. The van der Waals surface area contributed by atoms with Gasteiger partial charge >= 0.3 is 4.90 Å². The first kappa shape index (κ1) is 10.2. The third-order valence-corrected chi connectivity index (χ3v) is 2.16. The van der Waals surface area contributed by atoms with E-state index in [4.69, 9.17) is 30.5 Å². The van der Waals surface area contributed by atoms with Gasteiger partial charge in [0.1, 0.15) is 0 Å². The Bertz CT molecular complexity index is 526. The molecule has 1 aromatic heterocycles. The van der Waals surface area contributed by atoms with Crippen molar-refractivity contribution in [2.75, 3.05) is 14.2 Å². The number of hydrogen-bond donors (Lipinski definition) is 0. The lowest BCUT2D eigenvalue weighted by Crippen LogP contribution is -1.90. The van der Waals surface area contributed by atoms with Crippen molar-refractivity contribution in [3.63, 3.8) is 0 Å². The molecule has 15 heavy (non-hydrogen) atoms. The molecule has 0 aliphatic heterocycles. The van der Waals surface area contributed by atoms with Crippen molar-refractivity contribution in [3.8, 4) is 5.75 Å². The summed E-state index contributed by atoms with van der Waals surface area (Å²) < 4.78 is 20.6. The second-order valence-electron chi connectivity index (χ2n) is 3.01. The molecule has 0 saturated heterocycles. The zero-order valence-corrected chi connectivity index (χ0v) is 9.22. The molecule has 0 aliphatic rings. The number of fused-ring (bicyclic) bond motifs is 1. The minimum atomic E-state index is 0.0952. The smallest absolute Gasteiger partial charge is 0.363 e. The van der Waals surface area contributed by atoms with E-state index in [0.29, 0.717) is 23.5 Å². The summed E-state index contributed by atoms with van der Waals surface area (Å²) in [6.07, 6.45) is 0. The van der Waals surface area contributed by atoms with Crippen molar-refractivity contribution >= 4 is 23.4 Å². The Hall–Kier alpha value is -1.33. The Balaban J connectivity index is 2.65. The van der Waals surface area contributed by atoms with Gasteiger partial charge in [-0.05, 0) is 17.7 Å². The highest BCUT2D eigenvalue weighted by Gasteiger charge is 2.10. The lowest BCUT2D eigenvalue weighted by Gasteiger charge is -2.03. The Morgan fingerprint density at radius 1 is 1.27 bits per heavy atom. The summed E-state index contributed by atoms with van der Waals surface area (Å²) in [5.74, 6) is 0.597. The van der Waals surface area contributed by atoms with Crippen LogP contribution in [0.5, 0.6) is 5.75 Å². The summed E-state index contributed by atoms with van der Waals surface area (Å²) in [5.41, 5.74) is 2.05. The summed E-state index contributed by atoms with van der Waals surface area (Å²) in [6, 6.07) is 3.65. The van der Waals surface area contributed by atoms with Crippen LogP contribution in [0.2, 0.25) is 0 Å². The zero-order valence-electron chi connectivity index (χ0n) is 8.40. The van der Waals surface area contributed by atoms with Gasteiger partial charge < -0.3 is 18.3 Å². The van der Waals surface area contributed by atoms with Crippen molar-refractivity contribution in [2.24, 2.45) is 0 Å². The number of benzene rings is 1. The average Bonchev–Trinajstić information content (AvgIpc) is 2.57. The molecule has 0 radical (unpaired) electrons. The van der Waals surface area contributed by atoms with Crippen molar-refractivity contribution in [1.82, 2.24) is 0 Å². The maximum absolute atomic E-state index is 5.21. The predicted molar refractivity (Wildman–Crippen MR) is 56.6 cm³/mol. The van der Waals surface area contributed by atoms with Crippen LogP contribution in [0.1, 0.15) is 5.56 Å². The largest absolute Gasteiger partial charge is 0.493 e. The highest BCUT2D eigenvalue weighted by atomic mass is 32.1. The van der Waals surface area contributed by atoms with Gasteiger partial charge in [0.2, 0.25) is 5.58 Å². The first-order valence-corrected chi connectivity index (χ1v) is 4.75. The van der Waals surface area contributed by atoms with E-state index in [0.717, 1.165) is 5.56 Å². The highest BCUT2D eigenvalue weighted by Crippen LogP contribution is 2.29. The van der Waals surface area contributed by atoms with Gasteiger partial charge in [-0.15, -0.1) is 0 Å². The minimum Gasteiger partial charge on any atom is -0.493 e. The molecule has 0 bridgehead atoms. The maximum atomic E-state index is 5.21. The molecule has 5 heteroatoms. The van der Waals surface area contributed by atoms with Crippen LogP contribution in [0.25, 0.3) is 11.2 Å². The summed E-state index contributed by atoms with van der Waals surface area (Å²) >= 11 is 4.81. The van der Waals surface area contributed by atoms with Gasteiger partial charge in [-0.25, -0.2) is 0 Å². The lowest BCUT2D eigenvalue weighted by atomic mass is 10.2. The first-order chi connectivity index (χ1) is 7.24. The van der Waals surface area contributed by atoms with Gasteiger partial charge in [0.15, 0.2) is 11.3 Å². The van der Waals surface area contributed by atoms with E-state index in [-0.39, 0.29) is 4.90 Å². The minimum absolute atomic E-state index is 0.0952. The normalized spacial score (nSPS) is 10.8. The standard InChI is InChI=1S/C10H10O4S/c1-11-5-6-3-7(12-2)9-8(4-6)13-10(15)14-9/h3-4H,5H2,1-2H3. The molecule has 0 unspecified atom stereocenters. The van der Waals surface area contributed by atoms with Gasteiger partial charge in [-0.3, -0.25) is 0 Å². The van der Waals surface area contributed by atoms with Crippen LogP contribution in [-0.2, 0) is 11.3 Å². The molecule has 2 aromatic rings. The van der Waals surface area contributed by atoms with Crippen LogP contribution in [0, 0.1) is 4.90 Å². The molecule has 80 valence electrons. The molecule has 1 aromatic carbocycles. The van der Waals surface area contributed by atoms with E-state index in [1.54, 1.807) is 14.2 Å². The molecule has 0 spiro atoms. The van der Waals surface area contributed by atoms with E-state index in [2.05, 4.69) is 0 Å². The molecular weight excluding hydrogens is 216 g/mol. The maximum Gasteiger partial charge on any atom is 0.363 e. The fraction of sp³-hybridized carbons (Fsp3) is 0.300. The molecule has 2 rings (SSSR count). The monoisotopic (exact) mass is 226 g/mol. The fourth-order valence-electron chi connectivity index (χ4n) is 1.40. The van der Waals surface area contributed by atoms with Crippen LogP contribution in [-0.4, -0.2) is 14.2 Å². The molecule has 0 saturated carbocycles. The Labute approximate surface area is 91.4 Å². The molecule has 0 aliphatic carbocycles. The zero-order chi connectivity index (χ0) is 10.8. The van der Waals surface area contributed by atoms with Crippen molar-refractivity contribution in [3.05, 3.63) is 22.6 Å². The Morgan fingerprint density at radius 2 is 2.07 bits per heavy atom. The number of methoxy groups -OCH3 is 2. The van der Waals surface area contributed by atoms with Crippen LogP contribution in [0.15, 0.2) is 21.0 Å². The molecular formula is C10H10O4S. The second kappa shape index (κ2) is 4.04. The van der Waals surface area contributed by atoms with E-state index in [9.17, 15) is 0 Å². The van der Waals surface area contributed by atoms with E-state index in [1.807, 2.05) is 12.1 Å². The topological polar surface area (TPSA) is 44.7 Å². The lowest BCUT2D eigenvalue weighted by molar-refractivity contribution is 0.184. The van der Waals surface area contributed by atoms with Gasteiger partial charge in [0.05, 0.1) is 13.7 Å².